The first kappa shape index (κ1) is 22.2. The molecule has 0 fully saturated rings. The van der Waals surface area contributed by atoms with Gasteiger partial charge in [-0.1, -0.05) is 18.2 Å². The fourth-order valence-corrected chi connectivity index (χ4v) is 4.39. The van der Waals surface area contributed by atoms with E-state index in [0.29, 0.717) is 6.04 Å². The molecule has 1 aromatic rings. The number of hydrogen-bond acceptors (Lipinski definition) is 5. The number of esters is 1. The van der Waals surface area contributed by atoms with E-state index < -0.39 is 0 Å². The molecule has 0 radical (unpaired) electrons. The predicted molar refractivity (Wildman–Crippen MR) is 120 cm³/mol. The zero-order valence-electron chi connectivity index (χ0n) is 18.5. The average molecular weight is 412 g/mol. The monoisotopic (exact) mass is 411 g/mol. The van der Waals surface area contributed by atoms with E-state index in [9.17, 15) is 4.79 Å². The summed E-state index contributed by atoms with van der Waals surface area (Å²) in [5.41, 5.74) is 6.42. The molecule has 1 aromatic heterocycles. The van der Waals surface area contributed by atoms with E-state index in [-0.39, 0.29) is 12.5 Å². The minimum Gasteiger partial charge on any atom is -0.468 e. The maximum atomic E-state index is 11.3. The molecule has 0 aliphatic carbocycles. The molecule has 3 heterocycles. The Hall–Kier alpha value is -2.47. The lowest BCUT2D eigenvalue weighted by atomic mass is 9.92. The summed E-state index contributed by atoms with van der Waals surface area (Å²) in [4.78, 5) is 16.0. The van der Waals surface area contributed by atoms with Crippen molar-refractivity contribution in [2.24, 2.45) is 0 Å². The lowest BCUT2D eigenvalue weighted by Crippen LogP contribution is -2.43. The van der Waals surface area contributed by atoms with Crippen molar-refractivity contribution in [3.63, 3.8) is 0 Å². The molecule has 0 saturated carbocycles. The topological polar surface area (TPSA) is 66.3 Å². The van der Waals surface area contributed by atoms with Crippen LogP contribution in [0.4, 0.5) is 0 Å². The van der Waals surface area contributed by atoms with Crippen LogP contribution in [0, 0.1) is 6.92 Å². The largest absolute Gasteiger partial charge is 0.468 e. The first-order valence-corrected chi connectivity index (χ1v) is 11.0. The lowest BCUT2D eigenvalue weighted by molar-refractivity contribution is -0.563. The molecule has 2 aliphatic heterocycles. The van der Waals surface area contributed by atoms with Gasteiger partial charge in [0.15, 0.2) is 6.04 Å². The van der Waals surface area contributed by atoms with Crippen LogP contribution < -0.4 is 10.6 Å². The third-order valence-corrected chi connectivity index (χ3v) is 5.93. The van der Waals surface area contributed by atoms with E-state index >= 15 is 0 Å². The highest BCUT2D eigenvalue weighted by Crippen LogP contribution is 2.25. The number of aromatic nitrogens is 1. The van der Waals surface area contributed by atoms with Crippen LogP contribution in [0.2, 0.25) is 0 Å². The Morgan fingerprint density at radius 3 is 3.00 bits per heavy atom. The van der Waals surface area contributed by atoms with E-state index in [1.807, 2.05) is 12.3 Å². The van der Waals surface area contributed by atoms with Crippen LogP contribution in [0.15, 0.2) is 41.8 Å². The number of methoxy groups -OCH3 is 1. The molecule has 162 valence electrons. The first-order valence-electron chi connectivity index (χ1n) is 11.0. The maximum Gasteiger partial charge on any atom is 0.319 e. The van der Waals surface area contributed by atoms with Gasteiger partial charge in [-0.3, -0.25) is 9.78 Å². The van der Waals surface area contributed by atoms with Crippen molar-refractivity contribution in [3.8, 4) is 0 Å². The summed E-state index contributed by atoms with van der Waals surface area (Å²) in [5.74, 6) is -0.216. The highest BCUT2D eigenvalue weighted by Gasteiger charge is 2.35. The van der Waals surface area contributed by atoms with Gasteiger partial charge in [0.1, 0.15) is 12.2 Å². The number of allylic oxidation sites excluding steroid dienone is 2. The van der Waals surface area contributed by atoms with Gasteiger partial charge in [-0.15, -0.1) is 0 Å². The highest BCUT2D eigenvalue weighted by molar-refractivity contribution is 5.96. The highest BCUT2D eigenvalue weighted by atomic mass is 16.5. The Labute approximate surface area is 180 Å². The Bertz CT molecular complexity index is 841. The quantitative estimate of drug-likeness (QED) is 0.372. The van der Waals surface area contributed by atoms with Crippen molar-refractivity contribution in [1.29, 1.82) is 0 Å². The molecule has 3 rings (SSSR count). The maximum absolute atomic E-state index is 11.3. The Morgan fingerprint density at radius 2 is 2.23 bits per heavy atom. The molecule has 0 saturated heterocycles. The second-order valence-corrected chi connectivity index (χ2v) is 8.06. The van der Waals surface area contributed by atoms with Crippen LogP contribution in [0.3, 0.4) is 0 Å². The number of ether oxygens (including phenoxy) is 1. The zero-order chi connectivity index (χ0) is 21.3. The second-order valence-electron chi connectivity index (χ2n) is 8.06. The van der Waals surface area contributed by atoms with Crippen molar-refractivity contribution in [1.82, 2.24) is 15.6 Å². The number of nitrogens with one attached hydrogen (secondary N) is 2. The molecule has 0 bridgehead atoms. The molecule has 2 aliphatic rings. The summed E-state index contributed by atoms with van der Waals surface area (Å²) in [6.07, 6.45) is 11.8. The summed E-state index contributed by atoms with van der Waals surface area (Å²) in [6, 6.07) is 4.53. The van der Waals surface area contributed by atoms with Crippen LogP contribution >= 0.6 is 0 Å². The number of aryl methyl sites for hydroxylation is 1. The standard InChI is InChI=1S/C24H35N4O2/c1-18-9-7-14-26-23(18)20-11-6-12-21(24-19(2)10-8-15-27-24)28(20)16-5-4-13-25-17-22(29)30-3/h7-10,14,21,25,27H,4-6,11-13,15-17H2,1-3H3/q+1. The summed E-state index contributed by atoms with van der Waals surface area (Å²) >= 11 is 0. The summed E-state index contributed by atoms with van der Waals surface area (Å²) in [7, 11) is 1.42. The van der Waals surface area contributed by atoms with E-state index in [1.165, 1.54) is 36.1 Å². The van der Waals surface area contributed by atoms with Gasteiger partial charge >= 0.3 is 5.97 Å². The Morgan fingerprint density at radius 1 is 1.37 bits per heavy atom. The number of hydrogen-bond donors (Lipinski definition) is 2. The predicted octanol–water partition coefficient (Wildman–Crippen LogP) is 2.72. The molecule has 6 heteroatoms. The number of carbonyl (C=O) groups excluding carboxylic acids is 1. The van der Waals surface area contributed by atoms with Crippen LogP contribution in [0.5, 0.6) is 0 Å². The van der Waals surface area contributed by atoms with E-state index in [1.54, 1.807) is 0 Å². The normalized spacial score (nSPS) is 19.1. The van der Waals surface area contributed by atoms with Gasteiger partial charge < -0.3 is 15.4 Å². The van der Waals surface area contributed by atoms with Crippen molar-refractivity contribution < 1.29 is 14.1 Å². The smallest absolute Gasteiger partial charge is 0.319 e. The molecule has 0 aromatic carbocycles. The van der Waals surface area contributed by atoms with Crippen LogP contribution in [0.25, 0.3) is 0 Å². The van der Waals surface area contributed by atoms with Crippen LogP contribution in [0.1, 0.15) is 50.3 Å². The van der Waals surface area contributed by atoms with Gasteiger partial charge in [-0.25, -0.2) is 4.58 Å². The van der Waals surface area contributed by atoms with Gasteiger partial charge in [-0.2, -0.15) is 0 Å². The third kappa shape index (κ3) is 5.57. The molecular weight excluding hydrogens is 376 g/mol. The number of nitrogens with zero attached hydrogens (tertiary/aromatic N) is 2. The van der Waals surface area contributed by atoms with E-state index in [0.717, 1.165) is 51.0 Å². The van der Waals surface area contributed by atoms with Gasteiger partial charge in [0.2, 0.25) is 5.71 Å². The summed E-state index contributed by atoms with van der Waals surface area (Å²) < 4.78 is 7.27. The molecule has 0 spiro atoms. The Kier molecular flexibility index (Phi) is 8.20. The van der Waals surface area contributed by atoms with Crippen LogP contribution in [-0.4, -0.2) is 60.6 Å². The van der Waals surface area contributed by atoms with Gasteiger partial charge in [0.05, 0.1) is 19.4 Å². The number of dihydropyridines is 1. The minimum atomic E-state index is -0.216. The molecule has 0 amide bonds. The molecule has 2 N–H and O–H groups in total. The van der Waals surface area contributed by atoms with Gasteiger partial charge in [0, 0.05) is 32.0 Å². The molecule has 1 unspecified atom stereocenters. The van der Waals surface area contributed by atoms with Gasteiger partial charge in [0.25, 0.3) is 0 Å². The lowest BCUT2D eigenvalue weighted by Gasteiger charge is -2.28. The third-order valence-electron chi connectivity index (χ3n) is 5.93. The van der Waals surface area contributed by atoms with Crippen LogP contribution in [-0.2, 0) is 9.53 Å². The average Bonchev–Trinajstić information content (AvgIpc) is 2.76. The minimum absolute atomic E-state index is 0.216. The molecule has 6 nitrogen and oxygen atoms in total. The second kappa shape index (κ2) is 11.1. The zero-order valence-corrected chi connectivity index (χ0v) is 18.5. The number of unbranched alkanes of at least 4 members (excludes halogenated alkanes) is 1. The summed E-state index contributed by atoms with van der Waals surface area (Å²) in [6.45, 7) is 7.32. The fraction of sp³-hybridized carbons (Fsp3) is 0.542. The fourth-order valence-electron chi connectivity index (χ4n) is 4.39. The molecule has 1 atom stereocenters. The molecular formula is C24H35N4O2+. The number of pyridine rings is 1. The molecule has 30 heavy (non-hydrogen) atoms. The van der Waals surface area contributed by atoms with Crippen molar-refractivity contribution in [2.75, 3.05) is 33.3 Å². The van der Waals surface area contributed by atoms with Gasteiger partial charge in [-0.05, 0) is 50.4 Å². The van der Waals surface area contributed by atoms with Crippen molar-refractivity contribution in [2.45, 2.75) is 52.0 Å². The Balaban J connectivity index is 1.79. The SMILES string of the molecule is COC(=O)CNCCCC[N+]1=C(c2ncccc2C)CCCC1C1=C(C)C=CCN1. The summed E-state index contributed by atoms with van der Waals surface area (Å²) in [5, 5.41) is 6.80. The first-order chi connectivity index (χ1) is 14.6. The van der Waals surface area contributed by atoms with E-state index in [2.05, 4.69) is 52.0 Å². The van der Waals surface area contributed by atoms with Crippen molar-refractivity contribution >= 4 is 11.7 Å². The number of carbonyl (C=O) groups is 1. The van der Waals surface area contributed by atoms with E-state index in [4.69, 9.17) is 4.98 Å². The number of rotatable bonds is 9. The van der Waals surface area contributed by atoms with Crippen molar-refractivity contribution in [3.05, 3.63) is 53.0 Å².